The maximum atomic E-state index is 13.1. The molecule has 1 aromatic carbocycles. The van der Waals surface area contributed by atoms with Crippen LogP contribution in [0.4, 0.5) is 0 Å². The molecule has 2 aromatic rings. The molecular weight excluding hydrogens is 406 g/mol. The van der Waals surface area contributed by atoms with Crippen molar-refractivity contribution in [1.29, 1.82) is 0 Å². The number of β-lactam (4-membered cyclic amide) rings is 1. The fraction of sp³-hybridized carbons (Fsp3) is 0.250. The summed E-state index contributed by atoms with van der Waals surface area (Å²) in [6.45, 7) is 0.0512. The van der Waals surface area contributed by atoms with Gasteiger partial charge < -0.3 is 9.47 Å². The SMILES string of the molecule is COc1ccc(COC(=O)C2=C(c3ccncc3)CS[C@H]3[C@@H](N=[N+]=[N-])C(=O)N23)cc1. The predicted molar refractivity (Wildman–Crippen MR) is 110 cm³/mol. The number of pyridine rings is 1. The van der Waals surface area contributed by atoms with Crippen LogP contribution in [-0.4, -0.2) is 46.0 Å². The average molecular weight is 423 g/mol. The second kappa shape index (κ2) is 8.48. The van der Waals surface area contributed by atoms with Crippen LogP contribution in [0.25, 0.3) is 16.0 Å². The van der Waals surface area contributed by atoms with E-state index in [1.807, 2.05) is 0 Å². The number of thioether (sulfide) groups is 1. The molecule has 30 heavy (non-hydrogen) atoms. The third-order valence-corrected chi connectivity index (χ3v) is 6.13. The van der Waals surface area contributed by atoms with Crippen LogP contribution in [0.1, 0.15) is 11.1 Å². The molecule has 2 atom stereocenters. The molecule has 0 saturated carbocycles. The van der Waals surface area contributed by atoms with E-state index in [1.165, 1.54) is 16.7 Å². The standard InChI is InChI=1S/C20H17N5O4S/c1-28-14-4-2-12(3-5-14)10-29-20(27)17-15(13-6-8-22-9-7-13)11-30-19-16(23-24-21)18(26)25(17)19/h2-9,16,19H,10-11H2,1H3/t16-,19-/m0/s1. The highest BCUT2D eigenvalue weighted by atomic mass is 32.2. The third kappa shape index (κ3) is 3.58. The molecule has 0 aliphatic carbocycles. The molecule has 0 unspecified atom stereocenters. The molecule has 1 saturated heterocycles. The number of carbonyl (C=O) groups is 2. The van der Waals surface area contributed by atoms with Gasteiger partial charge in [-0.1, -0.05) is 17.2 Å². The van der Waals surface area contributed by atoms with Gasteiger partial charge in [-0.3, -0.25) is 14.7 Å². The first-order valence-corrected chi connectivity index (χ1v) is 10.1. The smallest absolute Gasteiger partial charge is 0.355 e. The van der Waals surface area contributed by atoms with Crippen LogP contribution >= 0.6 is 11.8 Å². The number of methoxy groups -OCH3 is 1. The van der Waals surface area contributed by atoms with Crippen molar-refractivity contribution >= 4 is 29.2 Å². The molecule has 4 rings (SSSR count). The van der Waals surface area contributed by atoms with E-state index in [4.69, 9.17) is 15.0 Å². The van der Waals surface area contributed by atoms with E-state index >= 15 is 0 Å². The quantitative estimate of drug-likeness (QED) is 0.232. The molecule has 0 bridgehead atoms. The van der Waals surface area contributed by atoms with Gasteiger partial charge in [0.2, 0.25) is 5.91 Å². The topological polar surface area (TPSA) is 117 Å². The van der Waals surface area contributed by atoms with E-state index in [9.17, 15) is 9.59 Å². The number of amides is 1. The Bertz CT molecular complexity index is 1050. The lowest BCUT2D eigenvalue weighted by Gasteiger charge is -2.48. The summed E-state index contributed by atoms with van der Waals surface area (Å²) in [5.74, 6) is 0.168. The van der Waals surface area contributed by atoms with Gasteiger partial charge in [0.15, 0.2) is 0 Å². The van der Waals surface area contributed by atoms with Crippen LogP contribution < -0.4 is 4.74 Å². The highest BCUT2D eigenvalue weighted by molar-refractivity contribution is 8.00. The van der Waals surface area contributed by atoms with Crippen molar-refractivity contribution in [3.05, 3.63) is 76.1 Å². The number of esters is 1. The third-order valence-electron chi connectivity index (χ3n) is 4.87. The monoisotopic (exact) mass is 423 g/mol. The highest BCUT2D eigenvalue weighted by Crippen LogP contribution is 2.44. The van der Waals surface area contributed by atoms with Crippen molar-refractivity contribution in [2.75, 3.05) is 12.9 Å². The number of aromatic nitrogens is 1. The number of hydrogen-bond acceptors (Lipinski definition) is 7. The number of hydrogen-bond donors (Lipinski definition) is 0. The Balaban J connectivity index is 1.62. The molecule has 152 valence electrons. The lowest BCUT2D eigenvalue weighted by Crippen LogP contribution is -2.63. The number of azide groups is 1. The van der Waals surface area contributed by atoms with Crippen molar-refractivity contribution in [2.24, 2.45) is 5.11 Å². The normalized spacial score (nSPS) is 20.0. The number of benzene rings is 1. The van der Waals surface area contributed by atoms with Gasteiger partial charge in [0.25, 0.3) is 0 Å². The van der Waals surface area contributed by atoms with E-state index in [2.05, 4.69) is 15.0 Å². The first kappa shape index (κ1) is 19.8. The van der Waals surface area contributed by atoms with E-state index in [1.54, 1.807) is 55.9 Å². The van der Waals surface area contributed by atoms with Crippen LogP contribution in [0, 0.1) is 0 Å². The molecule has 1 fully saturated rings. The Morgan fingerprint density at radius 3 is 2.70 bits per heavy atom. The fourth-order valence-corrected chi connectivity index (χ4v) is 4.68. The Labute approximate surface area is 176 Å². The average Bonchev–Trinajstić information content (AvgIpc) is 2.80. The maximum absolute atomic E-state index is 13.1. The Hall–Kier alpha value is -3.49. The maximum Gasteiger partial charge on any atom is 0.355 e. The summed E-state index contributed by atoms with van der Waals surface area (Å²) < 4.78 is 10.7. The number of fused-ring (bicyclic) bond motifs is 1. The van der Waals surface area contributed by atoms with Crippen molar-refractivity contribution in [2.45, 2.75) is 18.0 Å². The fourth-order valence-electron chi connectivity index (χ4n) is 3.33. The van der Waals surface area contributed by atoms with Gasteiger partial charge >= 0.3 is 5.97 Å². The number of carbonyl (C=O) groups excluding carboxylic acids is 2. The van der Waals surface area contributed by atoms with E-state index < -0.39 is 23.3 Å². The van der Waals surface area contributed by atoms with Gasteiger partial charge in [-0.05, 0) is 40.9 Å². The van der Waals surface area contributed by atoms with E-state index in [0.29, 0.717) is 17.1 Å². The molecule has 0 spiro atoms. The molecule has 0 N–H and O–H groups in total. The Kier molecular flexibility index (Phi) is 5.60. The Morgan fingerprint density at radius 2 is 2.03 bits per heavy atom. The number of ether oxygens (including phenoxy) is 2. The van der Waals surface area contributed by atoms with Gasteiger partial charge in [0.05, 0.1) is 7.11 Å². The van der Waals surface area contributed by atoms with Crippen LogP contribution in [-0.2, 0) is 20.9 Å². The highest BCUT2D eigenvalue weighted by Gasteiger charge is 2.53. The largest absolute Gasteiger partial charge is 0.497 e. The lowest BCUT2D eigenvalue weighted by atomic mass is 10.00. The van der Waals surface area contributed by atoms with Crippen LogP contribution in [0.3, 0.4) is 0 Å². The van der Waals surface area contributed by atoms with Crippen LogP contribution in [0.15, 0.2) is 59.6 Å². The van der Waals surface area contributed by atoms with Crippen LogP contribution in [0.2, 0.25) is 0 Å². The molecule has 9 nitrogen and oxygen atoms in total. The molecule has 1 aromatic heterocycles. The van der Waals surface area contributed by atoms with Crippen molar-refractivity contribution in [1.82, 2.24) is 9.88 Å². The molecule has 2 aliphatic heterocycles. The second-order valence-corrected chi connectivity index (χ2v) is 7.65. The van der Waals surface area contributed by atoms with Crippen molar-refractivity contribution in [3.63, 3.8) is 0 Å². The summed E-state index contributed by atoms with van der Waals surface area (Å²) in [6.07, 6.45) is 3.25. The zero-order valence-corrected chi connectivity index (χ0v) is 16.8. The van der Waals surface area contributed by atoms with Gasteiger partial charge in [-0.15, -0.1) is 11.8 Å². The van der Waals surface area contributed by atoms with Crippen molar-refractivity contribution < 1.29 is 19.1 Å². The summed E-state index contributed by atoms with van der Waals surface area (Å²) in [7, 11) is 1.58. The summed E-state index contributed by atoms with van der Waals surface area (Å²) in [6, 6.07) is 9.91. The predicted octanol–water partition coefficient (Wildman–Crippen LogP) is 3.14. The molecule has 10 heteroatoms. The minimum atomic E-state index is -0.816. The summed E-state index contributed by atoms with van der Waals surface area (Å²) in [5.41, 5.74) is 11.2. The Morgan fingerprint density at radius 1 is 1.30 bits per heavy atom. The molecule has 0 radical (unpaired) electrons. The number of nitrogens with zero attached hydrogens (tertiary/aromatic N) is 5. The molecule has 3 heterocycles. The summed E-state index contributed by atoms with van der Waals surface area (Å²) in [5, 5.41) is 3.15. The van der Waals surface area contributed by atoms with Crippen molar-refractivity contribution in [3.8, 4) is 5.75 Å². The van der Waals surface area contributed by atoms with E-state index in [0.717, 1.165) is 11.1 Å². The second-order valence-electron chi connectivity index (χ2n) is 6.55. The summed E-state index contributed by atoms with van der Waals surface area (Å²) in [4.78, 5) is 33.8. The lowest BCUT2D eigenvalue weighted by molar-refractivity contribution is -0.151. The molecule has 1 amide bonds. The van der Waals surface area contributed by atoms with Gasteiger partial charge in [-0.25, -0.2) is 4.79 Å². The zero-order chi connectivity index (χ0) is 21.1. The van der Waals surface area contributed by atoms with Crippen LogP contribution in [0.5, 0.6) is 5.75 Å². The first-order chi connectivity index (χ1) is 14.6. The van der Waals surface area contributed by atoms with Gasteiger partial charge in [-0.2, -0.15) is 0 Å². The molecular formula is C20H17N5O4S. The summed E-state index contributed by atoms with van der Waals surface area (Å²) >= 11 is 1.45. The van der Waals surface area contributed by atoms with E-state index in [-0.39, 0.29) is 12.3 Å². The minimum absolute atomic E-state index is 0.0512. The zero-order valence-electron chi connectivity index (χ0n) is 16.0. The first-order valence-electron chi connectivity index (χ1n) is 9.06. The van der Waals surface area contributed by atoms with Gasteiger partial charge in [0.1, 0.15) is 29.5 Å². The van der Waals surface area contributed by atoms with Gasteiger partial charge in [0, 0.05) is 28.6 Å². The molecule has 2 aliphatic rings. The number of rotatable bonds is 6. The minimum Gasteiger partial charge on any atom is -0.497 e.